The van der Waals surface area contributed by atoms with E-state index in [2.05, 4.69) is 15.4 Å². The number of urea groups is 1. The minimum absolute atomic E-state index is 0.362. The van der Waals surface area contributed by atoms with Gasteiger partial charge in [-0.05, 0) is 17.9 Å². The highest BCUT2D eigenvalue weighted by molar-refractivity contribution is 7.12. The molecule has 0 saturated carbocycles. The van der Waals surface area contributed by atoms with Crippen molar-refractivity contribution in [1.82, 2.24) is 5.32 Å². The summed E-state index contributed by atoms with van der Waals surface area (Å²) in [6.07, 6.45) is 0.697. The number of hydrogen-bond acceptors (Lipinski definition) is 4. The number of rotatable bonds is 5. The Bertz CT molecular complexity index is 395. The molecule has 7 heteroatoms. The van der Waals surface area contributed by atoms with Gasteiger partial charge in [-0.25, -0.2) is 9.59 Å². The van der Waals surface area contributed by atoms with Gasteiger partial charge < -0.3 is 15.4 Å². The standard InChI is InChI=1S/C10H13ClN2O3S/c1-16-9(14)8-7(3-6-17-8)13-10(15)12-5-2-4-11/h3,6H,2,4-5H2,1H3,(H2,12,13,15). The number of hydrogen-bond donors (Lipinski definition) is 2. The van der Waals surface area contributed by atoms with Crippen LogP contribution in [0.25, 0.3) is 0 Å². The molecule has 0 atom stereocenters. The third-order valence-electron chi connectivity index (χ3n) is 1.88. The van der Waals surface area contributed by atoms with Crippen LogP contribution in [0.3, 0.4) is 0 Å². The third kappa shape index (κ3) is 4.24. The number of esters is 1. The molecule has 1 rings (SSSR count). The summed E-state index contributed by atoms with van der Waals surface area (Å²) < 4.78 is 4.60. The van der Waals surface area contributed by atoms with Crippen LogP contribution in [-0.4, -0.2) is 31.5 Å². The van der Waals surface area contributed by atoms with Crippen molar-refractivity contribution in [2.24, 2.45) is 0 Å². The summed E-state index contributed by atoms with van der Waals surface area (Å²) in [5.41, 5.74) is 0.449. The Morgan fingerprint density at radius 2 is 2.29 bits per heavy atom. The van der Waals surface area contributed by atoms with E-state index < -0.39 is 5.97 Å². The van der Waals surface area contributed by atoms with E-state index in [1.54, 1.807) is 11.4 Å². The smallest absolute Gasteiger partial charge is 0.350 e. The molecule has 0 aliphatic carbocycles. The maximum atomic E-state index is 11.4. The van der Waals surface area contributed by atoms with Crippen LogP contribution in [0, 0.1) is 0 Å². The number of methoxy groups -OCH3 is 1. The van der Waals surface area contributed by atoms with Crippen LogP contribution in [0.2, 0.25) is 0 Å². The molecule has 0 spiro atoms. The van der Waals surface area contributed by atoms with Gasteiger partial charge in [-0.15, -0.1) is 22.9 Å². The predicted molar refractivity (Wildman–Crippen MR) is 68.0 cm³/mol. The van der Waals surface area contributed by atoms with Gasteiger partial charge in [0.1, 0.15) is 4.88 Å². The second-order valence-corrected chi connectivity index (χ2v) is 4.37. The Morgan fingerprint density at radius 3 is 2.94 bits per heavy atom. The average Bonchev–Trinajstić information content (AvgIpc) is 2.76. The molecule has 1 aromatic rings. The van der Waals surface area contributed by atoms with Gasteiger partial charge in [-0.3, -0.25) is 0 Å². The average molecular weight is 277 g/mol. The van der Waals surface area contributed by atoms with E-state index in [0.717, 1.165) is 0 Å². The number of carbonyl (C=O) groups excluding carboxylic acids is 2. The van der Waals surface area contributed by atoms with Crippen molar-refractivity contribution in [3.05, 3.63) is 16.3 Å². The zero-order valence-corrected chi connectivity index (χ0v) is 10.9. The summed E-state index contributed by atoms with van der Waals surface area (Å²) in [7, 11) is 1.30. The molecule has 0 saturated heterocycles. The molecule has 1 heterocycles. The van der Waals surface area contributed by atoms with Crippen molar-refractivity contribution >= 4 is 40.6 Å². The normalized spacial score (nSPS) is 9.76. The summed E-state index contributed by atoms with van der Waals surface area (Å²) >= 11 is 6.70. The Hall–Kier alpha value is -1.27. The molecule has 1 aromatic heterocycles. The fraction of sp³-hybridized carbons (Fsp3) is 0.400. The van der Waals surface area contributed by atoms with Crippen LogP contribution < -0.4 is 10.6 Å². The zero-order chi connectivity index (χ0) is 12.7. The monoisotopic (exact) mass is 276 g/mol. The third-order valence-corrected chi connectivity index (χ3v) is 3.04. The topological polar surface area (TPSA) is 67.4 Å². The van der Waals surface area contributed by atoms with Gasteiger partial charge in [-0.1, -0.05) is 0 Å². The Kier molecular flexibility index (Phi) is 5.79. The van der Waals surface area contributed by atoms with E-state index in [9.17, 15) is 9.59 Å². The number of amides is 2. The van der Waals surface area contributed by atoms with Gasteiger partial charge in [0.15, 0.2) is 0 Å². The Morgan fingerprint density at radius 1 is 1.53 bits per heavy atom. The molecule has 2 amide bonds. The van der Waals surface area contributed by atoms with Crippen molar-refractivity contribution in [2.45, 2.75) is 6.42 Å². The second kappa shape index (κ2) is 7.13. The van der Waals surface area contributed by atoms with Gasteiger partial charge in [0.25, 0.3) is 0 Å². The van der Waals surface area contributed by atoms with Crippen LogP contribution in [0.4, 0.5) is 10.5 Å². The minimum Gasteiger partial charge on any atom is -0.465 e. The number of halogens is 1. The van der Waals surface area contributed by atoms with Crippen molar-refractivity contribution in [3.8, 4) is 0 Å². The quantitative estimate of drug-likeness (QED) is 0.493. The molecule has 0 aliphatic heterocycles. The minimum atomic E-state index is -0.462. The molecule has 0 fully saturated rings. The maximum absolute atomic E-state index is 11.4. The summed E-state index contributed by atoms with van der Waals surface area (Å²) in [5, 5.41) is 6.91. The number of carbonyl (C=O) groups is 2. The molecule has 2 N–H and O–H groups in total. The van der Waals surface area contributed by atoms with Crippen LogP contribution in [0.1, 0.15) is 16.1 Å². The molecule has 5 nitrogen and oxygen atoms in total. The summed E-state index contributed by atoms with van der Waals surface area (Å²) in [5.74, 6) is 0.0302. The zero-order valence-electron chi connectivity index (χ0n) is 9.29. The maximum Gasteiger partial charge on any atom is 0.350 e. The van der Waals surface area contributed by atoms with Gasteiger partial charge in [-0.2, -0.15) is 0 Å². The van der Waals surface area contributed by atoms with Crippen molar-refractivity contribution in [3.63, 3.8) is 0 Å². The molecule has 0 radical (unpaired) electrons. The van der Waals surface area contributed by atoms with Crippen LogP contribution in [0.5, 0.6) is 0 Å². The number of nitrogens with one attached hydrogen (secondary N) is 2. The van der Waals surface area contributed by atoms with E-state index in [1.807, 2.05) is 0 Å². The highest BCUT2D eigenvalue weighted by Gasteiger charge is 2.14. The van der Waals surface area contributed by atoms with E-state index >= 15 is 0 Å². The number of alkyl halides is 1. The first kappa shape index (κ1) is 13.8. The number of thiophene rings is 1. The molecule has 0 aromatic carbocycles. The number of ether oxygens (including phenoxy) is 1. The molecule has 0 unspecified atom stereocenters. The Labute approximate surface area is 108 Å². The first-order chi connectivity index (χ1) is 8.19. The van der Waals surface area contributed by atoms with Gasteiger partial charge in [0, 0.05) is 12.4 Å². The van der Waals surface area contributed by atoms with Crippen molar-refractivity contribution in [2.75, 3.05) is 24.9 Å². The summed E-state index contributed by atoms with van der Waals surface area (Å²) in [4.78, 5) is 23.1. The molecule has 0 aliphatic rings. The molecule has 0 bridgehead atoms. The first-order valence-corrected chi connectivity index (χ1v) is 6.37. The van der Waals surface area contributed by atoms with E-state index in [4.69, 9.17) is 11.6 Å². The largest absolute Gasteiger partial charge is 0.465 e. The SMILES string of the molecule is COC(=O)c1sccc1NC(=O)NCCCCl. The van der Waals surface area contributed by atoms with Crippen molar-refractivity contribution in [1.29, 1.82) is 0 Å². The van der Waals surface area contributed by atoms with Crippen LogP contribution in [0.15, 0.2) is 11.4 Å². The summed E-state index contributed by atoms with van der Waals surface area (Å²) in [6.45, 7) is 0.493. The van der Waals surface area contributed by atoms with E-state index in [-0.39, 0.29) is 6.03 Å². The molecular formula is C10H13ClN2O3S. The Balaban J connectivity index is 2.53. The van der Waals surface area contributed by atoms with Gasteiger partial charge in [0.2, 0.25) is 0 Å². The lowest BCUT2D eigenvalue weighted by molar-refractivity contribution is 0.0607. The molecular weight excluding hydrogens is 264 g/mol. The van der Waals surface area contributed by atoms with Gasteiger partial charge in [0.05, 0.1) is 12.8 Å². The lowest BCUT2D eigenvalue weighted by Crippen LogP contribution is -2.30. The molecule has 94 valence electrons. The highest BCUT2D eigenvalue weighted by Crippen LogP contribution is 2.22. The van der Waals surface area contributed by atoms with Crippen molar-refractivity contribution < 1.29 is 14.3 Å². The summed E-state index contributed by atoms with van der Waals surface area (Å²) in [6, 6.07) is 1.29. The fourth-order valence-electron chi connectivity index (χ4n) is 1.09. The van der Waals surface area contributed by atoms with Crippen LogP contribution >= 0.6 is 22.9 Å². The fourth-order valence-corrected chi connectivity index (χ4v) is 1.99. The van der Waals surface area contributed by atoms with E-state index in [0.29, 0.717) is 29.4 Å². The molecule has 17 heavy (non-hydrogen) atoms. The van der Waals surface area contributed by atoms with Crippen LogP contribution in [-0.2, 0) is 4.74 Å². The first-order valence-electron chi connectivity index (χ1n) is 4.95. The predicted octanol–water partition coefficient (Wildman–Crippen LogP) is 2.29. The van der Waals surface area contributed by atoms with E-state index in [1.165, 1.54) is 18.4 Å². The lowest BCUT2D eigenvalue weighted by atomic mass is 10.4. The van der Waals surface area contributed by atoms with Gasteiger partial charge >= 0.3 is 12.0 Å². The second-order valence-electron chi connectivity index (χ2n) is 3.08. The lowest BCUT2D eigenvalue weighted by Gasteiger charge is -2.06. The number of anilines is 1. The highest BCUT2D eigenvalue weighted by atomic mass is 35.5.